The number of nitrogens with zero attached hydrogens (tertiary/aromatic N) is 1. The third kappa shape index (κ3) is 4.81. The molecule has 3 aromatic rings. The first kappa shape index (κ1) is 21.5. The van der Waals surface area contributed by atoms with E-state index in [4.69, 9.17) is 37.7 Å². The molecule has 1 aliphatic rings. The Labute approximate surface area is 192 Å². The number of aliphatic imine (C=N–C) groups is 1. The molecular formula is C25H24Cl2N2O2. The zero-order valence-electron chi connectivity index (χ0n) is 17.4. The van der Waals surface area contributed by atoms with Gasteiger partial charge < -0.3 is 14.8 Å². The maximum atomic E-state index is 6.12. The second kappa shape index (κ2) is 9.63. The number of benzene rings is 3. The molecule has 1 heterocycles. The lowest BCUT2D eigenvalue weighted by atomic mass is 9.95. The number of ether oxygens (including phenoxy) is 2. The molecule has 4 rings (SSSR count). The first-order valence-electron chi connectivity index (χ1n) is 10.3. The van der Waals surface area contributed by atoms with E-state index in [-0.39, 0.29) is 12.1 Å². The van der Waals surface area contributed by atoms with Crippen LogP contribution in [0.1, 0.15) is 42.1 Å². The third-order valence-corrected chi connectivity index (χ3v) is 5.73. The van der Waals surface area contributed by atoms with E-state index in [0.29, 0.717) is 16.7 Å². The van der Waals surface area contributed by atoms with Crippen LogP contribution in [0.25, 0.3) is 0 Å². The van der Waals surface area contributed by atoms with Gasteiger partial charge in [-0.2, -0.15) is 0 Å². The Morgan fingerprint density at radius 1 is 0.903 bits per heavy atom. The first-order valence-corrected chi connectivity index (χ1v) is 11.0. The highest BCUT2D eigenvalue weighted by molar-refractivity contribution is 6.30. The average molecular weight is 455 g/mol. The summed E-state index contributed by atoms with van der Waals surface area (Å²) in [5.74, 6) is 2.28. The van der Waals surface area contributed by atoms with E-state index in [2.05, 4.69) is 12.2 Å². The van der Waals surface area contributed by atoms with Crippen molar-refractivity contribution in [1.82, 2.24) is 5.32 Å². The fraction of sp³-hybridized carbons (Fsp3) is 0.240. The molecule has 0 aromatic heterocycles. The Hall–Kier alpha value is -2.69. The summed E-state index contributed by atoms with van der Waals surface area (Å²) in [5, 5.41) is 5.02. The molecule has 0 saturated heterocycles. The van der Waals surface area contributed by atoms with E-state index in [1.54, 1.807) is 7.11 Å². The Balaban J connectivity index is 1.75. The fourth-order valence-electron chi connectivity index (χ4n) is 3.64. The molecule has 160 valence electrons. The van der Waals surface area contributed by atoms with Crippen LogP contribution in [0.2, 0.25) is 10.0 Å². The van der Waals surface area contributed by atoms with Crippen molar-refractivity contribution in [2.24, 2.45) is 4.99 Å². The SMILES string of the molecule is CCCOc1cc(OC)ccc1C1=NC(c2ccc(Cl)cc2)C(c2ccc(Cl)cc2)N1. The highest BCUT2D eigenvalue weighted by Crippen LogP contribution is 2.39. The Morgan fingerprint density at radius 2 is 1.55 bits per heavy atom. The number of amidine groups is 1. The predicted octanol–water partition coefficient (Wildman–Crippen LogP) is 6.62. The van der Waals surface area contributed by atoms with Crippen LogP contribution >= 0.6 is 23.2 Å². The Morgan fingerprint density at radius 3 is 2.16 bits per heavy atom. The molecule has 0 bridgehead atoms. The fourth-order valence-corrected chi connectivity index (χ4v) is 3.90. The second-order valence-corrected chi connectivity index (χ2v) is 8.23. The highest BCUT2D eigenvalue weighted by Gasteiger charge is 2.33. The molecular weight excluding hydrogens is 431 g/mol. The van der Waals surface area contributed by atoms with E-state index in [1.165, 1.54) is 0 Å². The molecule has 6 heteroatoms. The minimum atomic E-state index is -0.116. The van der Waals surface area contributed by atoms with Crippen LogP contribution in [0.4, 0.5) is 0 Å². The van der Waals surface area contributed by atoms with Gasteiger partial charge in [-0.05, 0) is 53.9 Å². The monoisotopic (exact) mass is 454 g/mol. The quantitative estimate of drug-likeness (QED) is 0.435. The minimum absolute atomic E-state index is 0.0467. The molecule has 4 nitrogen and oxygen atoms in total. The smallest absolute Gasteiger partial charge is 0.133 e. The molecule has 0 saturated carbocycles. The predicted molar refractivity (Wildman–Crippen MR) is 127 cm³/mol. The molecule has 2 unspecified atom stereocenters. The highest BCUT2D eigenvalue weighted by atomic mass is 35.5. The van der Waals surface area contributed by atoms with Crippen molar-refractivity contribution in [3.05, 3.63) is 93.5 Å². The van der Waals surface area contributed by atoms with Crippen LogP contribution in [0, 0.1) is 0 Å². The van der Waals surface area contributed by atoms with Crippen LogP contribution in [0.5, 0.6) is 11.5 Å². The summed E-state index contributed by atoms with van der Waals surface area (Å²) in [7, 11) is 1.65. The van der Waals surface area contributed by atoms with Crippen molar-refractivity contribution in [1.29, 1.82) is 0 Å². The first-order chi connectivity index (χ1) is 15.1. The van der Waals surface area contributed by atoms with Crippen LogP contribution < -0.4 is 14.8 Å². The van der Waals surface area contributed by atoms with E-state index in [9.17, 15) is 0 Å². The van der Waals surface area contributed by atoms with Crippen LogP contribution in [-0.4, -0.2) is 19.6 Å². The Kier molecular flexibility index (Phi) is 6.69. The molecule has 0 fully saturated rings. The van der Waals surface area contributed by atoms with Gasteiger partial charge in [-0.1, -0.05) is 54.4 Å². The van der Waals surface area contributed by atoms with Crippen LogP contribution in [0.15, 0.2) is 71.7 Å². The molecule has 0 amide bonds. The molecule has 1 aliphatic heterocycles. The molecule has 0 radical (unpaired) electrons. The maximum absolute atomic E-state index is 6.12. The summed E-state index contributed by atoms with van der Waals surface area (Å²) in [5.41, 5.74) is 3.09. The summed E-state index contributed by atoms with van der Waals surface area (Å²) in [4.78, 5) is 5.07. The standard InChI is InChI=1S/C25H24Cl2N2O2/c1-3-14-31-22-15-20(30-2)12-13-21(22)25-28-23(16-4-8-18(26)9-5-16)24(29-25)17-6-10-19(27)11-7-17/h4-13,15,23-24H,3,14H2,1-2H3,(H,28,29). The summed E-state index contributed by atoms with van der Waals surface area (Å²) in [6.07, 6.45) is 0.914. The number of halogens is 2. The van der Waals surface area contributed by atoms with Gasteiger partial charge in [-0.3, -0.25) is 4.99 Å². The van der Waals surface area contributed by atoms with Gasteiger partial charge in [0.1, 0.15) is 23.4 Å². The van der Waals surface area contributed by atoms with Crippen molar-refractivity contribution in [3.63, 3.8) is 0 Å². The van der Waals surface area contributed by atoms with Crippen molar-refractivity contribution in [2.75, 3.05) is 13.7 Å². The van der Waals surface area contributed by atoms with Crippen LogP contribution in [-0.2, 0) is 0 Å². The molecule has 1 N–H and O–H groups in total. The number of nitrogens with one attached hydrogen (secondary N) is 1. The van der Waals surface area contributed by atoms with Gasteiger partial charge in [0.2, 0.25) is 0 Å². The summed E-state index contributed by atoms with van der Waals surface area (Å²) < 4.78 is 11.4. The van der Waals surface area contributed by atoms with Crippen molar-refractivity contribution >= 4 is 29.0 Å². The number of hydrogen-bond acceptors (Lipinski definition) is 4. The molecule has 2 atom stereocenters. The summed E-state index contributed by atoms with van der Waals surface area (Å²) in [6, 6.07) is 21.3. The van der Waals surface area contributed by atoms with E-state index >= 15 is 0 Å². The Bertz CT molecular complexity index is 1070. The lowest BCUT2D eigenvalue weighted by Crippen LogP contribution is -2.25. The van der Waals surface area contributed by atoms with E-state index < -0.39 is 0 Å². The minimum Gasteiger partial charge on any atom is -0.497 e. The number of rotatable bonds is 7. The molecule has 31 heavy (non-hydrogen) atoms. The van der Waals surface area contributed by atoms with Gasteiger partial charge in [0.05, 0.1) is 25.3 Å². The molecule has 0 aliphatic carbocycles. The van der Waals surface area contributed by atoms with Crippen LogP contribution in [0.3, 0.4) is 0 Å². The zero-order chi connectivity index (χ0) is 21.8. The van der Waals surface area contributed by atoms with Gasteiger partial charge in [0, 0.05) is 16.1 Å². The van der Waals surface area contributed by atoms with Gasteiger partial charge in [-0.15, -0.1) is 0 Å². The second-order valence-electron chi connectivity index (χ2n) is 7.36. The van der Waals surface area contributed by atoms with Crippen molar-refractivity contribution < 1.29 is 9.47 Å². The third-order valence-electron chi connectivity index (χ3n) is 5.22. The van der Waals surface area contributed by atoms with Crippen molar-refractivity contribution in [3.8, 4) is 11.5 Å². The van der Waals surface area contributed by atoms with Gasteiger partial charge >= 0.3 is 0 Å². The van der Waals surface area contributed by atoms with Gasteiger partial charge in [0.15, 0.2) is 0 Å². The number of methoxy groups -OCH3 is 1. The van der Waals surface area contributed by atoms with Gasteiger partial charge in [-0.25, -0.2) is 0 Å². The average Bonchev–Trinajstić information content (AvgIpc) is 3.23. The summed E-state index contributed by atoms with van der Waals surface area (Å²) >= 11 is 12.2. The topological polar surface area (TPSA) is 42.9 Å². The maximum Gasteiger partial charge on any atom is 0.133 e. The lowest BCUT2D eigenvalue weighted by molar-refractivity contribution is 0.314. The van der Waals surface area contributed by atoms with Gasteiger partial charge in [0.25, 0.3) is 0 Å². The lowest BCUT2D eigenvalue weighted by Gasteiger charge is -2.20. The van der Waals surface area contributed by atoms with E-state index in [0.717, 1.165) is 40.4 Å². The zero-order valence-corrected chi connectivity index (χ0v) is 19.0. The molecule has 0 spiro atoms. The van der Waals surface area contributed by atoms with E-state index in [1.807, 2.05) is 66.7 Å². The number of hydrogen-bond donors (Lipinski definition) is 1. The normalized spacial score (nSPS) is 17.7. The summed E-state index contributed by atoms with van der Waals surface area (Å²) in [6.45, 7) is 2.70. The molecule has 3 aromatic carbocycles. The largest absolute Gasteiger partial charge is 0.497 e. The van der Waals surface area contributed by atoms with Crippen molar-refractivity contribution in [2.45, 2.75) is 25.4 Å².